The van der Waals surface area contributed by atoms with Crippen LogP contribution in [-0.4, -0.2) is 37.2 Å². The summed E-state index contributed by atoms with van der Waals surface area (Å²) in [6, 6.07) is 19.6. The average molecular weight is 497 g/mol. The molecular formula is C27H29FN2O4S. The molecule has 0 aliphatic rings. The van der Waals surface area contributed by atoms with Gasteiger partial charge in [-0.2, -0.15) is 4.31 Å². The van der Waals surface area contributed by atoms with Gasteiger partial charge in [0.1, 0.15) is 5.82 Å². The first-order chi connectivity index (χ1) is 16.3. The molecule has 35 heavy (non-hydrogen) atoms. The number of rotatable bonds is 8. The lowest BCUT2D eigenvalue weighted by molar-refractivity contribution is -0.116. The highest BCUT2D eigenvalue weighted by Gasteiger charge is 2.22. The highest BCUT2D eigenvalue weighted by molar-refractivity contribution is 7.88. The zero-order valence-electron chi connectivity index (χ0n) is 20.2. The van der Waals surface area contributed by atoms with Gasteiger partial charge in [0.05, 0.1) is 12.8 Å². The number of ketones is 1. The summed E-state index contributed by atoms with van der Waals surface area (Å²) in [7, 11) is -3.79. The lowest BCUT2D eigenvalue weighted by Crippen LogP contribution is -2.37. The van der Waals surface area contributed by atoms with E-state index in [-0.39, 0.29) is 23.3 Å². The summed E-state index contributed by atoms with van der Waals surface area (Å²) in [6.45, 7) is 5.51. The number of hydrogen-bond acceptors (Lipinski definition) is 4. The predicted molar refractivity (Wildman–Crippen MR) is 135 cm³/mol. The maximum Gasteiger partial charge on any atom is 0.239 e. The molecular weight excluding hydrogens is 467 g/mol. The lowest BCUT2D eigenvalue weighted by atomic mass is 9.86. The fourth-order valence-electron chi connectivity index (χ4n) is 3.49. The summed E-state index contributed by atoms with van der Waals surface area (Å²) in [5.41, 5.74) is 2.51. The zero-order chi connectivity index (χ0) is 25.8. The highest BCUT2D eigenvalue weighted by atomic mass is 32.2. The molecule has 3 aromatic rings. The number of halogens is 1. The van der Waals surface area contributed by atoms with Crippen LogP contribution >= 0.6 is 0 Å². The minimum Gasteiger partial charge on any atom is -0.325 e. The van der Waals surface area contributed by atoms with E-state index in [1.807, 2.05) is 12.1 Å². The molecule has 0 fully saturated rings. The van der Waals surface area contributed by atoms with Crippen LogP contribution in [0.1, 0.15) is 47.8 Å². The second-order valence-corrected chi connectivity index (χ2v) is 11.4. The van der Waals surface area contributed by atoms with E-state index in [0.717, 1.165) is 16.1 Å². The SMILES string of the molecule is CC(C)(C)c1ccc(C(=O)c2cccc(NC(=O)CN(Cc3ccccc3F)S(C)(=O)=O)c2)cc1. The Bertz CT molecular complexity index is 1330. The molecule has 0 aliphatic carbocycles. The van der Waals surface area contributed by atoms with Crippen molar-refractivity contribution in [1.29, 1.82) is 0 Å². The first kappa shape index (κ1) is 26.2. The van der Waals surface area contributed by atoms with Crippen LogP contribution in [0.5, 0.6) is 0 Å². The van der Waals surface area contributed by atoms with E-state index in [1.165, 1.54) is 18.2 Å². The Hall–Kier alpha value is -3.36. The van der Waals surface area contributed by atoms with Crippen LogP contribution in [0, 0.1) is 5.82 Å². The van der Waals surface area contributed by atoms with Crippen LogP contribution in [0.2, 0.25) is 0 Å². The van der Waals surface area contributed by atoms with Crippen LogP contribution in [0.4, 0.5) is 10.1 Å². The molecule has 6 nitrogen and oxygen atoms in total. The summed E-state index contributed by atoms with van der Waals surface area (Å²) in [5.74, 6) is -1.35. The van der Waals surface area contributed by atoms with Gasteiger partial charge in [0.2, 0.25) is 15.9 Å². The first-order valence-electron chi connectivity index (χ1n) is 11.1. The Kier molecular flexibility index (Phi) is 7.87. The number of nitrogens with one attached hydrogen (secondary N) is 1. The molecule has 184 valence electrons. The number of anilines is 1. The van der Waals surface area contributed by atoms with Gasteiger partial charge in [-0.05, 0) is 29.2 Å². The summed E-state index contributed by atoms with van der Waals surface area (Å²) in [5, 5.41) is 2.63. The molecule has 0 spiro atoms. The molecule has 8 heteroatoms. The van der Waals surface area contributed by atoms with Crippen molar-refractivity contribution in [2.75, 3.05) is 18.1 Å². The fraction of sp³-hybridized carbons (Fsp3) is 0.259. The van der Waals surface area contributed by atoms with Gasteiger partial charge in [0.25, 0.3) is 0 Å². The van der Waals surface area contributed by atoms with E-state index in [9.17, 15) is 22.4 Å². The summed E-state index contributed by atoms with van der Waals surface area (Å²) >= 11 is 0. The van der Waals surface area contributed by atoms with Crippen molar-refractivity contribution in [2.24, 2.45) is 0 Å². The number of amides is 1. The molecule has 1 amide bonds. The van der Waals surface area contributed by atoms with Crippen molar-refractivity contribution in [3.63, 3.8) is 0 Å². The number of carbonyl (C=O) groups excluding carboxylic acids is 2. The minimum atomic E-state index is -3.79. The second kappa shape index (κ2) is 10.5. The number of nitrogens with zero attached hydrogens (tertiary/aromatic N) is 1. The van der Waals surface area contributed by atoms with E-state index in [2.05, 4.69) is 26.1 Å². The van der Waals surface area contributed by atoms with Gasteiger partial charge in [-0.3, -0.25) is 9.59 Å². The quantitative estimate of drug-likeness (QED) is 0.456. The molecule has 0 unspecified atom stereocenters. The molecule has 0 bridgehead atoms. The molecule has 3 aromatic carbocycles. The van der Waals surface area contributed by atoms with Crippen LogP contribution in [0.15, 0.2) is 72.8 Å². The van der Waals surface area contributed by atoms with Gasteiger partial charge >= 0.3 is 0 Å². The van der Waals surface area contributed by atoms with Crippen LogP contribution < -0.4 is 5.32 Å². The molecule has 0 aromatic heterocycles. The maximum atomic E-state index is 14.0. The van der Waals surface area contributed by atoms with E-state index in [4.69, 9.17) is 0 Å². The monoisotopic (exact) mass is 496 g/mol. The fourth-order valence-corrected chi connectivity index (χ4v) is 4.22. The van der Waals surface area contributed by atoms with Crippen molar-refractivity contribution in [3.8, 4) is 0 Å². The van der Waals surface area contributed by atoms with Crippen molar-refractivity contribution in [1.82, 2.24) is 4.31 Å². The van der Waals surface area contributed by atoms with Gasteiger partial charge in [-0.25, -0.2) is 12.8 Å². The number of sulfonamides is 1. The summed E-state index contributed by atoms with van der Waals surface area (Å²) in [4.78, 5) is 25.6. The molecule has 0 atom stereocenters. The van der Waals surface area contributed by atoms with E-state index < -0.39 is 28.3 Å². The van der Waals surface area contributed by atoms with Crippen molar-refractivity contribution >= 4 is 27.4 Å². The van der Waals surface area contributed by atoms with Crippen molar-refractivity contribution in [2.45, 2.75) is 32.7 Å². The van der Waals surface area contributed by atoms with Gasteiger partial charge in [0, 0.05) is 28.9 Å². The standard InChI is InChI=1S/C27H29FN2O4S/c1-27(2,3)22-14-12-19(13-15-22)26(32)20-9-7-10-23(16-20)29-25(31)18-30(35(4,33)34)17-21-8-5-6-11-24(21)28/h5-16H,17-18H2,1-4H3,(H,29,31). The largest absolute Gasteiger partial charge is 0.325 e. The molecule has 0 saturated carbocycles. The second-order valence-electron chi connectivity index (χ2n) is 9.41. The Balaban J connectivity index is 1.73. The van der Waals surface area contributed by atoms with Crippen molar-refractivity contribution < 1.29 is 22.4 Å². The third kappa shape index (κ3) is 7.07. The Labute approximate surface area is 205 Å². The van der Waals surface area contributed by atoms with Gasteiger partial charge in [-0.1, -0.05) is 75.4 Å². The summed E-state index contributed by atoms with van der Waals surface area (Å²) in [6.07, 6.45) is 0.964. The highest BCUT2D eigenvalue weighted by Crippen LogP contribution is 2.23. The molecule has 1 N–H and O–H groups in total. The van der Waals surface area contributed by atoms with Gasteiger partial charge in [0.15, 0.2) is 5.78 Å². The minimum absolute atomic E-state index is 0.0299. The molecule has 0 aliphatic heterocycles. The average Bonchev–Trinajstić information content (AvgIpc) is 2.78. The topological polar surface area (TPSA) is 83.6 Å². The van der Waals surface area contributed by atoms with Crippen LogP contribution in [0.25, 0.3) is 0 Å². The van der Waals surface area contributed by atoms with E-state index in [0.29, 0.717) is 16.8 Å². The molecule has 0 heterocycles. The molecule has 3 rings (SSSR count). The first-order valence-corrected chi connectivity index (χ1v) is 12.9. The smallest absolute Gasteiger partial charge is 0.239 e. The van der Waals surface area contributed by atoms with E-state index in [1.54, 1.807) is 42.5 Å². The number of hydrogen-bond donors (Lipinski definition) is 1. The normalized spacial score (nSPS) is 11.9. The predicted octanol–water partition coefficient (Wildman–Crippen LogP) is 4.75. The van der Waals surface area contributed by atoms with E-state index >= 15 is 0 Å². The summed E-state index contributed by atoms with van der Waals surface area (Å²) < 4.78 is 39.3. The molecule has 0 radical (unpaired) electrons. The number of benzene rings is 3. The third-order valence-electron chi connectivity index (χ3n) is 5.52. The Morgan fingerprint density at radius 3 is 2.17 bits per heavy atom. The van der Waals surface area contributed by atoms with Crippen molar-refractivity contribution in [3.05, 3.63) is 101 Å². The third-order valence-corrected chi connectivity index (χ3v) is 6.71. The maximum absolute atomic E-state index is 14.0. The zero-order valence-corrected chi connectivity index (χ0v) is 21.0. The Morgan fingerprint density at radius 2 is 1.57 bits per heavy atom. The van der Waals surface area contributed by atoms with Gasteiger partial charge in [-0.15, -0.1) is 0 Å². The van der Waals surface area contributed by atoms with Gasteiger partial charge < -0.3 is 5.32 Å². The van der Waals surface area contributed by atoms with Crippen LogP contribution in [-0.2, 0) is 26.8 Å². The van der Waals surface area contributed by atoms with Crippen LogP contribution in [0.3, 0.4) is 0 Å². The number of carbonyl (C=O) groups is 2. The Morgan fingerprint density at radius 1 is 0.914 bits per heavy atom. The lowest BCUT2D eigenvalue weighted by Gasteiger charge is -2.20. The molecule has 0 saturated heterocycles.